The van der Waals surface area contributed by atoms with Crippen molar-refractivity contribution in [3.63, 3.8) is 0 Å². The summed E-state index contributed by atoms with van der Waals surface area (Å²) in [4.78, 5) is 28.0. The molecule has 1 unspecified atom stereocenters. The Labute approximate surface area is 170 Å². The van der Waals surface area contributed by atoms with Gasteiger partial charge in [-0.3, -0.25) is 9.88 Å². The number of nitrogens with zero attached hydrogens (tertiary/aromatic N) is 2. The number of benzene rings is 1. The molecule has 28 heavy (non-hydrogen) atoms. The summed E-state index contributed by atoms with van der Waals surface area (Å²) in [5.74, 6) is -0.434. The van der Waals surface area contributed by atoms with E-state index in [9.17, 15) is 9.59 Å². The number of carbonyl (C=O) groups excluding carboxylic acids is 1. The van der Waals surface area contributed by atoms with Crippen LogP contribution in [0.3, 0.4) is 0 Å². The minimum atomic E-state index is -1.90. The molecule has 0 radical (unpaired) electrons. The summed E-state index contributed by atoms with van der Waals surface area (Å²) in [5, 5.41) is 2.39. The Balaban J connectivity index is 1.67. The van der Waals surface area contributed by atoms with Crippen molar-refractivity contribution in [2.24, 2.45) is 5.92 Å². The minimum Gasteiger partial charge on any atom is -0.444 e. The molecule has 9 heteroatoms. The number of anilines is 1. The molecule has 1 aliphatic heterocycles. The predicted molar refractivity (Wildman–Crippen MR) is 105 cm³/mol. The van der Waals surface area contributed by atoms with Gasteiger partial charge in [0.1, 0.15) is 12.4 Å². The first-order valence-corrected chi connectivity index (χ1v) is 9.72. The minimum absolute atomic E-state index is 0.0106. The fraction of sp³-hybridized carbons (Fsp3) is 0.421. The second-order valence-electron chi connectivity index (χ2n) is 6.59. The van der Waals surface area contributed by atoms with E-state index < -0.39 is 28.5 Å². The number of hydrogen-bond donors (Lipinski definition) is 1. The van der Waals surface area contributed by atoms with E-state index in [-0.39, 0.29) is 18.5 Å². The van der Waals surface area contributed by atoms with Crippen LogP contribution in [0.5, 0.6) is 0 Å². The molecular formula is C19H21BrFN3O4. The first kappa shape index (κ1) is 20.5. The SMILES string of the molecule is CC[C@H]1O[C@@H](n2ccc(NC(=O)OCc3ccccc3)nc2=O)C(F)(Br)[C@H]1C. The number of hydrogen-bond acceptors (Lipinski definition) is 5. The van der Waals surface area contributed by atoms with E-state index in [0.29, 0.717) is 6.42 Å². The van der Waals surface area contributed by atoms with Crippen molar-refractivity contribution in [3.05, 3.63) is 58.6 Å². The van der Waals surface area contributed by atoms with Gasteiger partial charge in [-0.1, -0.05) is 44.2 Å². The van der Waals surface area contributed by atoms with Gasteiger partial charge >= 0.3 is 11.8 Å². The van der Waals surface area contributed by atoms with Gasteiger partial charge in [0.05, 0.1) is 6.10 Å². The molecule has 3 rings (SSSR count). The average molecular weight is 454 g/mol. The molecule has 150 valence electrons. The molecule has 1 aliphatic rings. The van der Waals surface area contributed by atoms with Crippen LogP contribution in [0.15, 0.2) is 47.4 Å². The summed E-state index contributed by atoms with van der Waals surface area (Å²) in [6, 6.07) is 10.6. The topological polar surface area (TPSA) is 82.4 Å². The first-order chi connectivity index (χ1) is 13.3. The fourth-order valence-electron chi connectivity index (χ4n) is 3.07. The van der Waals surface area contributed by atoms with Crippen LogP contribution in [-0.2, 0) is 16.1 Å². The predicted octanol–water partition coefficient (Wildman–Crippen LogP) is 4.00. The molecule has 0 saturated carbocycles. The number of alkyl halides is 2. The normalized spacial score (nSPS) is 26.8. The number of aromatic nitrogens is 2. The van der Waals surface area contributed by atoms with E-state index in [1.165, 1.54) is 12.3 Å². The molecule has 0 bridgehead atoms. The smallest absolute Gasteiger partial charge is 0.413 e. The number of carbonyl (C=O) groups is 1. The van der Waals surface area contributed by atoms with Crippen LogP contribution in [0, 0.1) is 5.92 Å². The second-order valence-corrected chi connectivity index (χ2v) is 7.80. The van der Waals surface area contributed by atoms with Crippen molar-refractivity contribution < 1.29 is 18.7 Å². The lowest BCUT2D eigenvalue weighted by molar-refractivity contribution is -0.0287. The zero-order chi connectivity index (χ0) is 20.3. The van der Waals surface area contributed by atoms with Crippen LogP contribution in [0.25, 0.3) is 0 Å². The van der Waals surface area contributed by atoms with E-state index in [2.05, 4.69) is 26.2 Å². The number of nitrogens with one attached hydrogen (secondary N) is 1. The second kappa shape index (κ2) is 8.40. The lowest BCUT2D eigenvalue weighted by Gasteiger charge is -2.23. The van der Waals surface area contributed by atoms with Crippen LogP contribution in [-0.4, -0.2) is 26.3 Å². The molecule has 2 aromatic rings. The third kappa shape index (κ3) is 4.25. The summed E-state index contributed by atoms with van der Waals surface area (Å²) in [7, 11) is 0. The van der Waals surface area contributed by atoms with Crippen LogP contribution < -0.4 is 11.0 Å². The van der Waals surface area contributed by atoms with Crippen molar-refractivity contribution in [3.8, 4) is 0 Å². The number of amides is 1. The van der Waals surface area contributed by atoms with Gasteiger partial charge in [-0.2, -0.15) is 4.98 Å². The Hall–Kier alpha value is -2.26. The molecule has 1 aromatic heterocycles. The van der Waals surface area contributed by atoms with E-state index in [0.717, 1.165) is 10.1 Å². The number of halogens is 2. The lowest BCUT2D eigenvalue weighted by atomic mass is 10.00. The third-order valence-electron chi connectivity index (χ3n) is 4.73. The van der Waals surface area contributed by atoms with Crippen molar-refractivity contribution >= 4 is 27.8 Å². The van der Waals surface area contributed by atoms with Gasteiger partial charge in [-0.15, -0.1) is 0 Å². The highest BCUT2D eigenvalue weighted by Crippen LogP contribution is 2.50. The molecule has 2 heterocycles. The monoisotopic (exact) mass is 453 g/mol. The van der Waals surface area contributed by atoms with Gasteiger partial charge in [0.25, 0.3) is 0 Å². The van der Waals surface area contributed by atoms with Gasteiger partial charge in [0, 0.05) is 12.1 Å². The fourth-order valence-corrected chi connectivity index (χ4v) is 3.70. The van der Waals surface area contributed by atoms with E-state index in [4.69, 9.17) is 9.47 Å². The summed E-state index contributed by atoms with van der Waals surface area (Å²) in [6.07, 6.45) is -0.263. The zero-order valence-corrected chi connectivity index (χ0v) is 17.1. The maximum atomic E-state index is 15.1. The summed E-state index contributed by atoms with van der Waals surface area (Å²) < 4.78 is 25.0. The lowest BCUT2D eigenvalue weighted by Crippen LogP contribution is -2.36. The van der Waals surface area contributed by atoms with Crippen molar-refractivity contribution in [1.82, 2.24) is 9.55 Å². The van der Waals surface area contributed by atoms with E-state index in [1.807, 2.05) is 37.3 Å². The Bertz CT molecular complexity index is 890. The Morgan fingerprint density at radius 1 is 1.39 bits per heavy atom. The highest BCUT2D eigenvalue weighted by molar-refractivity contribution is 9.10. The van der Waals surface area contributed by atoms with Crippen LogP contribution in [0.1, 0.15) is 32.1 Å². The maximum absolute atomic E-state index is 15.1. The Morgan fingerprint density at radius 3 is 2.71 bits per heavy atom. The standard InChI is InChI=1S/C19H21BrFN3O4/c1-3-14-12(2)19(20,21)16(28-14)24-10-9-15(22-17(24)25)23-18(26)27-11-13-7-5-4-6-8-13/h4-10,12,14,16H,3,11H2,1-2H3,(H,22,23,25,26)/t12-,14+,16+,19?/m0/s1. The molecule has 1 fully saturated rings. The van der Waals surface area contributed by atoms with Gasteiger partial charge in [-0.25, -0.2) is 14.0 Å². The van der Waals surface area contributed by atoms with Crippen LogP contribution in [0.2, 0.25) is 0 Å². The van der Waals surface area contributed by atoms with Gasteiger partial charge in [0.2, 0.25) is 4.58 Å². The largest absolute Gasteiger partial charge is 0.444 e. The molecular weight excluding hydrogens is 433 g/mol. The first-order valence-electron chi connectivity index (χ1n) is 8.93. The zero-order valence-electron chi connectivity index (χ0n) is 15.5. The molecule has 0 spiro atoms. The van der Waals surface area contributed by atoms with E-state index >= 15 is 4.39 Å². The summed E-state index contributed by atoms with van der Waals surface area (Å²) >= 11 is 3.06. The van der Waals surface area contributed by atoms with Crippen LogP contribution in [0.4, 0.5) is 15.0 Å². The molecule has 1 aromatic carbocycles. The van der Waals surface area contributed by atoms with Gasteiger partial charge in [-0.05, 0) is 34.0 Å². The van der Waals surface area contributed by atoms with Crippen molar-refractivity contribution in [2.75, 3.05) is 5.32 Å². The molecule has 1 amide bonds. The highest BCUT2D eigenvalue weighted by atomic mass is 79.9. The average Bonchev–Trinajstić information content (AvgIpc) is 2.90. The highest BCUT2D eigenvalue weighted by Gasteiger charge is 2.54. The number of ether oxygens (including phenoxy) is 2. The molecule has 0 aliphatic carbocycles. The molecule has 1 N–H and O–H groups in total. The van der Waals surface area contributed by atoms with Gasteiger partial charge in [0.15, 0.2) is 6.23 Å². The van der Waals surface area contributed by atoms with Gasteiger partial charge < -0.3 is 9.47 Å². The summed E-state index contributed by atoms with van der Waals surface area (Å²) in [5.41, 5.74) is 0.0897. The van der Waals surface area contributed by atoms with E-state index in [1.54, 1.807) is 6.92 Å². The Morgan fingerprint density at radius 2 is 2.11 bits per heavy atom. The van der Waals surface area contributed by atoms with Crippen LogP contribution >= 0.6 is 15.9 Å². The summed E-state index contributed by atoms with van der Waals surface area (Å²) in [6.45, 7) is 3.70. The van der Waals surface area contributed by atoms with Crippen molar-refractivity contribution in [2.45, 2.75) is 43.8 Å². The van der Waals surface area contributed by atoms with Crippen molar-refractivity contribution in [1.29, 1.82) is 0 Å². The quantitative estimate of drug-likeness (QED) is 0.691. The molecule has 4 atom stereocenters. The maximum Gasteiger partial charge on any atom is 0.413 e. The molecule has 1 saturated heterocycles. The number of rotatable bonds is 5. The third-order valence-corrected chi connectivity index (χ3v) is 5.84. The Kier molecular flexibility index (Phi) is 6.14. The molecule has 7 nitrogen and oxygen atoms in total.